The summed E-state index contributed by atoms with van der Waals surface area (Å²) in [6.45, 7) is 9.53. The first-order chi connectivity index (χ1) is 9.52. The van der Waals surface area contributed by atoms with Gasteiger partial charge in [0.1, 0.15) is 0 Å². The maximum Gasteiger partial charge on any atom is 0.0278 e. The van der Waals surface area contributed by atoms with Crippen LogP contribution in [0.4, 0.5) is 0 Å². The van der Waals surface area contributed by atoms with E-state index in [1.807, 2.05) is 0 Å². The molecule has 2 bridgehead atoms. The first kappa shape index (κ1) is 14.8. The highest BCUT2D eigenvalue weighted by Crippen LogP contribution is 2.36. The lowest BCUT2D eigenvalue weighted by atomic mass is 9.80. The summed E-state index contributed by atoms with van der Waals surface area (Å²) in [5, 5.41) is 3.77. The number of piperazine rings is 1. The van der Waals surface area contributed by atoms with Crippen LogP contribution in [-0.2, 0) is 0 Å². The Morgan fingerprint density at radius 3 is 2.40 bits per heavy atom. The highest BCUT2D eigenvalue weighted by molar-refractivity contribution is 5.00. The van der Waals surface area contributed by atoms with Crippen LogP contribution in [0.25, 0.3) is 0 Å². The fourth-order valence-electron chi connectivity index (χ4n) is 4.71. The molecule has 3 nitrogen and oxygen atoms in total. The Morgan fingerprint density at radius 2 is 1.80 bits per heavy atom. The number of rotatable bonds is 2. The van der Waals surface area contributed by atoms with Gasteiger partial charge in [0.05, 0.1) is 0 Å². The van der Waals surface area contributed by atoms with Gasteiger partial charge in [0.2, 0.25) is 0 Å². The molecule has 0 saturated carbocycles. The van der Waals surface area contributed by atoms with Crippen molar-refractivity contribution in [3.8, 4) is 0 Å². The van der Waals surface area contributed by atoms with E-state index in [2.05, 4.69) is 42.9 Å². The number of nitrogens with one attached hydrogen (secondary N) is 1. The standard InChI is InChI=1S/C17H33N3/c1-5-17(3)12-20(13(2)11-18-17)16-9-14-7-6-8-15(10-16)19(14)4/h13-16,18H,5-12H2,1-4H3. The van der Waals surface area contributed by atoms with Gasteiger partial charge in [-0.3, -0.25) is 4.90 Å². The first-order valence-corrected chi connectivity index (χ1v) is 8.75. The Balaban J connectivity index is 1.71. The molecule has 4 unspecified atom stereocenters. The normalized spacial score (nSPS) is 47.4. The second-order valence-corrected chi connectivity index (χ2v) is 7.85. The van der Waals surface area contributed by atoms with Gasteiger partial charge in [-0.1, -0.05) is 13.3 Å². The summed E-state index contributed by atoms with van der Waals surface area (Å²) in [5.74, 6) is 0. The van der Waals surface area contributed by atoms with Gasteiger partial charge < -0.3 is 10.2 Å². The number of fused-ring (bicyclic) bond motifs is 2. The van der Waals surface area contributed by atoms with Crippen LogP contribution >= 0.6 is 0 Å². The topological polar surface area (TPSA) is 18.5 Å². The van der Waals surface area contributed by atoms with Crippen molar-refractivity contribution in [2.75, 3.05) is 20.1 Å². The monoisotopic (exact) mass is 279 g/mol. The lowest BCUT2D eigenvalue weighted by Gasteiger charge is -2.54. The molecule has 0 spiro atoms. The Hall–Kier alpha value is -0.120. The zero-order valence-electron chi connectivity index (χ0n) is 13.9. The fraction of sp³-hybridized carbons (Fsp3) is 1.00. The van der Waals surface area contributed by atoms with Crippen LogP contribution < -0.4 is 5.32 Å². The third-order valence-electron chi connectivity index (χ3n) is 6.49. The van der Waals surface area contributed by atoms with Crippen molar-refractivity contribution in [2.45, 2.75) is 89.0 Å². The highest BCUT2D eigenvalue weighted by atomic mass is 15.3. The first-order valence-electron chi connectivity index (χ1n) is 8.75. The van der Waals surface area contributed by atoms with Gasteiger partial charge in [-0.15, -0.1) is 0 Å². The van der Waals surface area contributed by atoms with Crippen molar-refractivity contribution in [3.05, 3.63) is 0 Å². The van der Waals surface area contributed by atoms with Gasteiger partial charge in [0, 0.05) is 42.8 Å². The molecule has 0 aromatic carbocycles. The van der Waals surface area contributed by atoms with Crippen LogP contribution in [0.15, 0.2) is 0 Å². The molecule has 3 heteroatoms. The molecular weight excluding hydrogens is 246 g/mol. The minimum atomic E-state index is 0.324. The minimum Gasteiger partial charge on any atom is -0.309 e. The average molecular weight is 279 g/mol. The van der Waals surface area contributed by atoms with Crippen LogP contribution in [0.1, 0.15) is 59.3 Å². The molecule has 4 atom stereocenters. The summed E-state index contributed by atoms with van der Waals surface area (Å²) in [5.41, 5.74) is 0.324. The van der Waals surface area contributed by atoms with E-state index in [0.29, 0.717) is 11.6 Å². The zero-order chi connectivity index (χ0) is 14.3. The van der Waals surface area contributed by atoms with E-state index >= 15 is 0 Å². The van der Waals surface area contributed by atoms with Crippen LogP contribution in [0, 0.1) is 0 Å². The Morgan fingerprint density at radius 1 is 1.15 bits per heavy atom. The Bertz CT molecular complexity index is 331. The van der Waals surface area contributed by atoms with E-state index in [9.17, 15) is 0 Å². The molecule has 116 valence electrons. The second-order valence-electron chi connectivity index (χ2n) is 7.85. The highest BCUT2D eigenvalue weighted by Gasteiger charge is 2.42. The number of piperidine rings is 2. The zero-order valence-corrected chi connectivity index (χ0v) is 13.9. The predicted molar refractivity (Wildman–Crippen MR) is 85.1 cm³/mol. The molecular formula is C17H33N3. The van der Waals surface area contributed by atoms with Gasteiger partial charge in [-0.25, -0.2) is 0 Å². The second kappa shape index (κ2) is 5.58. The summed E-state index contributed by atoms with van der Waals surface area (Å²) in [4.78, 5) is 5.53. The van der Waals surface area contributed by atoms with Crippen LogP contribution in [0.2, 0.25) is 0 Å². The van der Waals surface area contributed by atoms with E-state index in [-0.39, 0.29) is 0 Å². The van der Waals surface area contributed by atoms with Gasteiger partial charge in [0.15, 0.2) is 0 Å². The van der Waals surface area contributed by atoms with Crippen molar-refractivity contribution in [2.24, 2.45) is 0 Å². The Labute approximate surface area is 125 Å². The van der Waals surface area contributed by atoms with Gasteiger partial charge in [-0.2, -0.15) is 0 Å². The Kier molecular flexibility index (Phi) is 4.13. The summed E-state index contributed by atoms with van der Waals surface area (Å²) in [7, 11) is 2.36. The largest absolute Gasteiger partial charge is 0.309 e. The smallest absolute Gasteiger partial charge is 0.0278 e. The van der Waals surface area contributed by atoms with E-state index in [1.165, 1.54) is 45.1 Å². The molecule has 0 radical (unpaired) electrons. The molecule has 20 heavy (non-hydrogen) atoms. The lowest BCUT2D eigenvalue weighted by molar-refractivity contribution is -0.0266. The molecule has 0 aliphatic carbocycles. The van der Waals surface area contributed by atoms with E-state index in [4.69, 9.17) is 0 Å². The molecule has 0 aromatic heterocycles. The van der Waals surface area contributed by atoms with E-state index in [0.717, 1.165) is 24.7 Å². The summed E-state index contributed by atoms with van der Waals surface area (Å²) < 4.78 is 0. The van der Waals surface area contributed by atoms with Crippen molar-refractivity contribution >= 4 is 0 Å². The molecule has 3 heterocycles. The van der Waals surface area contributed by atoms with Crippen molar-refractivity contribution in [1.82, 2.24) is 15.1 Å². The quantitative estimate of drug-likeness (QED) is 0.838. The molecule has 3 fully saturated rings. The van der Waals surface area contributed by atoms with Crippen molar-refractivity contribution in [3.63, 3.8) is 0 Å². The molecule has 1 N–H and O–H groups in total. The number of nitrogens with zero attached hydrogens (tertiary/aromatic N) is 2. The summed E-state index contributed by atoms with van der Waals surface area (Å²) in [6.07, 6.45) is 8.34. The third kappa shape index (κ3) is 2.65. The van der Waals surface area contributed by atoms with Crippen LogP contribution in [0.3, 0.4) is 0 Å². The van der Waals surface area contributed by atoms with Gasteiger partial charge >= 0.3 is 0 Å². The SMILES string of the molecule is CCC1(C)CN(C2CC3CCCC(C2)N3C)C(C)CN1. The van der Waals surface area contributed by atoms with E-state index < -0.39 is 0 Å². The maximum atomic E-state index is 3.77. The van der Waals surface area contributed by atoms with E-state index in [1.54, 1.807) is 0 Å². The van der Waals surface area contributed by atoms with Gasteiger partial charge in [-0.05, 0) is 53.0 Å². The molecule has 0 aromatic rings. The predicted octanol–water partition coefficient (Wildman–Crippen LogP) is 2.46. The fourth-order valence-corrected chi connectivity index (χ4v) is 4.71. The average Bonchev–Trinajstić information content (AvgIpc) is 2.42. The molecule has 3 rings (SSSR count). The molecule has 3 aliphatic heterocycles. The molecule has 3 saturated heterocycles. The van der Waals surface area contributed by atoms with Crippen LogP contribution in [-0.4, -0.2) is 59.6 Å². The molecule has 0 amide bonds. The minimum absolute atomic E-state index is 0.324. The maximum absolute atomic E-state index is 3.77. The third-order valence-corrected chi connectivity index (χ3v) is 6.49. The molecule has 3 aliphatic rings. The van der Waals surface area contributed by atoms with Gasteiger partial charge in [0.25, 0.3) is 0 Å². The van der Waals surface area contributed by atoms with Crippen molar-refractivity contribution < 1.29 is 0 Å². The van der Waals surface area contributed by atoms with Crippen molar-refractivity contribution in [1.29, 1.82) is 0 Å². The van der Waals surface area contributed by atoms with Crippen LogP contribution in [0.5, 0.6) is 0 Å². The number of hydrogen-bond acceptors (Lipinski definition) is 3. The summed E-state index contributed by atoms with van der Waals surface area (Å²) >= 11 is 0. The lowest BCUT2D eigenvalue weighted by Crippen LogP contribution is -2.66. The summed E-state index contributed by atoms with van der Waals surface area (Å²) in [6, 6.07) is 3.22. The number of hydrogen-bond donors (Lipinski definition) is 1.